The number of ether oxygens (including phenoxy) is 1. The maximum absolute atomic E-state index is 13.6. The number of rotatable bonds is 10. The number of carbonyl (C=O) groups excluding carboxylic acids is 1. The topological polar surface area (TPSA) is 88.8 Å². The molecule has 0 amide bonds. The Morgan fingerprint density at radius 2 is 1.49 bits per heavy atom. The van der Waals surface area contributed by atoms with Crippen LogP contribution in [0.1, 0.15) is 40.2 Å². The van der Waals surface area contributed by atoms with Crippen molar-refractivity contribution in [2.24, 2.45) is 0 Å². The normalized spacial score (nSPS) is 13.4. The van der Waals surface area contributed by atoms with Gasteiger partial charge in [0.05, 0.1) is 4.92 Å². The minimum Gasteiger partial charge on any atom is -0.415 e. The van der Waals surface area contributed by atoms with Crippen LogP contribution in [0.4, 0.5) is 20.3 Å². The fraction of sp³-hybridized carbons (Fsp3) is 0.250. The van der Waals surface area contributed by atoms with Crippen molar-refractivity contribution in [3.05, 3.63) is 130 Å². The van der Waals surface area contributed by atoms with E-state index in [-0.39, 0.29) is 47.0 Å². The predicted octanol–water partition coefficient (Wildman–Crippen LogP) is 6.64. The molecule has 0 radical (unpaired) electrons. The molecule has 3 aromatic carbocycles. The molecular weight excluding hydrogens is 578 g/mol. The molecule has 0 saturated carbocycles. The molecule has 43 heavy (non-hydrogen) atoms. The molecule has 0 bridgehead atoms. The van der Waals surface area contributed by atoms with E-state index < -0.39 is 10.9 Å². The van der Waals surface area contributed by atoms with E-state index in [1.54, 1.807) is 48.7 Å². The van der Waals surface area contributed by atoms with E-state index in [4.69, 9.17) is 4.74 Å². The number of nitrogens with zero attached hydrogens (tertiary/aromatic N) is 4. The van der Waals surface area contributed by atoms with Crippen LogP contribution in [0.15, 0.2) is 91.1 Å². The zero-order chi connectivity index (χ0) is 29.5. The zero-order valence-electron chi connectivity index (χ0n) is 23.3. The highest BCUT2D eigenvalue weighted by Gasteiger charge is 2.25. The van der Waals surface area contributed by atoms with Gasteiger partial charge < -0.3 is 9.64 Å². The number of nitro groups is 1. The largest absolute Gasteiger partial charge is 0.415 e. The van der Waals surface area contributed by atoms with E-state index in [9.17, 15) is 23.7 Å². The van der Waals surface area contributed by atoms with E-state index in [0.717, 1.165) is 43.6 Å². The average molecular weight is 609 g/mol. The van der Waals surface area contributed by atoms with Gasteiger partial charge in [-0.15, -0.1) is 12.4 Å². The number of hydrogen-bond donors (Lipinski definition) is 0. The standard InChI is InChI=1S/C32H30F2N4O4.ClH/c33-25-13-9-23(10-14-25)27(24-11-15-26(34)16-12-24)6-4-18-36-19-21-37(22-20-36)31-28(5-3-17-35-31)32(39)42-30-8-2-1-7-29(30)38(40)41;/h1-3,5,7-17,27H,4,6,18-22H2;1H. The fourth-order valence-corrected chi connectivity index (χ4v) is 5.28. The first kappa shape index (κ1) is 31.5. The zero-order valence-corrected chi connectivity index (χ0v) is 24.1. The maximum atomic E-state index is 13.6. The summed E-state index contributed by atoms with van der Waals surface area (Å²) in [6.45, 7) is 3.64. The van der Waals surface area contributed by atoms with Crippen LogP contribution in [-0.4, -0.2) is 53.5 Å². The molecule has 0 atom stereocenters. The lowest BCUT2D eigenvalue weighted by Crippen LogP contribution is -2.47. The summed E-state index contributed by atoms with van der Waals surface area (Å²) in [4.78, 5) is 32.6. The Kier molecular flexibility index (Phi) is 10.7. The van der Waals surface area contributed by atoms with Crippen LogP contribution in [0.25, 0.3) is 0 Å². The number of carbonyl (C=O) groups is 1. The minimum absolute atomic E-state index is 0. The van der Waals surface area contributed by atoms with E-state index >= 15 is 0 Å². The van der Waals surface area contributed by atoms with E-state index in [0.29, 0.717) is 18.9 Å². The summed E-state index contributed by atoms with van der Waals surface area (Å²) >= 11 is 0. The Balaban J connectivity index is 0.00000423. The van der Waals surface area contributed by atoms with E-state index in [2.05, 4.69) is 9.88 Å². The second kappa shape index (κ2) is 14.7. The van der Waals surface area contributed by atoms with E-state index in [1.165, 1.54) is 42.5 Å². The summed E-state index contributed by atoms with van der Waals surface area (Å²) in [5, 5.41) is 11.3. The molecule has 1 saturated heterocycles. The number of para-hydroxylation sites is 2. The molecule has 0 unspecified atom stereocenters. The predicted molar refractivity (Wildman–Crippen MR) is 162 cm³/mol. The third-order valence-electron chi connectivity index (χ3n) is 7.45. The monoisotopic (exact) mass is 608 g/mol. The number of pyridine rings is 1. The molecule has 0 spiro atoms. The molecule has 1 fully saturated rings. The number of halogens is 3. The van der Waals surface area contributed by atoms with Gasteiger partial charge >= 0.3 is 11.7 Å². The summed E-state index contributed by atoms with van der Waals surface area (Å²) in [7, 11) is 0. The second-order valence-corrected chi connectivity index (χ2v) is 10.1. The molecule has 2 heterocycles. The number of nitro benzene ring substituents is 1. The van der Waals surface area contributed by atoms with Crippen LogP contribution < -0.4 is 9.64 Å². The van der Waals surface area contributed by atoms with Gasteiger partial charge in [0.1, 0.15) is 23.0 Å². The Hall–Kier alpha value is -4.41. The van der Waals surface area contributed by atoms with Crippen molar-refractivity contribution in [3.8, 4) is 5.75 Å². The average Bonchev–Trinajstić information content (AvgIpc) is 3.01. The van der Waals surface area contributed by atoms with E-state index in [1.807, 2.05) is 4.90 Å². The summed E-state index contributed by atoms with van der Waals surface area (Å²) < 4.78 is 32.5. The van der Waals surface area contributed by atoms with Crippen LogP contribution in [-0.2, 0) is 0 Å². The maximum Gasteiger partial charge on any atom is 0.347 e. The molecule has 8 nitrogen and oxygen atoms in total. The summed E-state index contributed by atoms with van der Waals surface area (Å²) in [6.07, 6.45) is 3.31. The number of piperazine rings is 1. The van der Waals surface area contributed by atoms with Crippen molar-refractivity contribution in [1.82, 2.24) is 9.88 Å². The van der Waals surface area contributed by atoms with Gasteiger partial charge in [0.25, 0.3) is 0 Å². The lowest BCUT2D eigenvalue weighted by atomic mass is 9.87. The SMILES string of the molecule is Cl.O=C(Oc1ccccc1[N+](=O)[O-])c1cccnc1N1CCN(CCCC(c2ccc(F)cc2)c2ccc(F)cc2)CC1. The van der Waals surface area contributed by atoms with Crippen LogP contribution in [0.3, 0.4) is 0 Å². The third-order valence-corrected chi connectivity index (χ3v) is 7.45. The van der Waals surface area contributed by atoms with Gasteiger partial charge in [-0.1, -0.05) is 36.4 Å². The first-order valence-electron chi connectivity index (χ1n) is 13.8. The van der Waals surface area contributed by atoms with Crippen molar-refractivity contribution in [3.63, 3.8) is 0 Å². The van der Waals surface area contributed by atoms with Gasteiger partial charge in [0, 0.05) is 44.4 Å². The van der Waals surface area contributed by atoms with Crippen LogP contribution in [0.2, 0.25) is 0 Å². The van der Waals surface area contributed by atoms with Crippen molar-refractivity contribution in [2.45, 2.75) is 18.8 Å². The molecule has 224 valence electrons. The van der Waals surface area contributed by atoms with Crippen LogP contribution >= 0.6 is 12.4 Å². The Morgan fingerprint density at radius 1 is 0.884 bits per heavy atom. The minimum atomic E-state index is -0.706. The quantitative estimate of drug-likeness (QED) is 0.0862. The lowest BCUT2D eigenvalue weighted by Gasteiger charge is -2.36. The highest BCUT2D eigenvalue weighted by atomic mass is 35.5. The molecule has 5 rings (SSSR count). The fourth-order valence-electron chi connectivity index (χ4n) is 5.28. The van der Waals surface area contributed by atoms with Gasteiger partial charge in [0.2, 0.25) is 5.75 Å². The summed E-state index contributed by atoms with van der Waals surface area (Å²) in [5.41, 5.74) is 1.93. The number of anilines is 1. The highest BCUT2D eigenvalue weighted by molar-refractivity contribution is 5.96. The molecule has 1 aliphatic heterocycles. The summed E-state index contributed by atoms with van der Waals surface area (Å²) in [6, 6.07) is 21.9. The van der Waals surface area contributed by atoms with Gasteiger partial charge in [-0.25, -0.2) is 18.6 Å². The molecule has 1 aromatic heterocycles. The number of benzene rings is 3. The summed E-state index contributed by atoms with van der Waals surface area (Å²) in [5.74, 6) is -0.905. The van der Waals surface area contributed by atoms with Crippen molar-refractivity contribution < 1.29 is 23.2 Å². The molecule has 4 aromatic rings. The molecule has 1 aliphatic rings. The Labute approximate surface area is 254 Å². The molecular formula is C32H31ClF2N4O4. The van der Waals surface area contributed by atoms with Crippen molar-refractivity contribution in [2.75, 3.05) is 37.6 Å². The number of hydrogen-bond acceptors (Lipinski definition) is 7. The van der Waals surface area contributed by atoms with Gasteiger partial charge in [0.15, 0.2) is 0 Å². The smallest absolute Gasteiger partial charge is 0.347 e. The molecule has 0 aliphatic carbocycles. The highest BCUT2D eigenvalue weighted by Crippen LogP contribution is 2.31. The molecule has 0 N–H and O–H groups in total. The Morgan fingerprint density at radius 3 is 2.09 bits per heavy atom. The van der Waals surface area contributed by atoms with Gasteiger partial charge in [-0.05, 0) is 73.0 Å². The van der Waals surface area contributed by atoms with Crippen molar-refractivity contribution in [1.29, 1.82) is 0 Å². The van der Waals surface area contributed by atoms with Crippen molar-refractivity contribution >= 4 is 29.9 Å². The number of esters is 1. The van der Waals surface area contributed by atoms with Crippen LogP contribution in [0.5, 0.6) is 5.75 Å². The third kappa shape index (κ3) is 7.91. The van der Waals surface area contributed by atoms with Crippen LogP contribution in [0, 0.1) is 21.7 Å². The second-order valence-electron chi connectivity index (χ2n) is 10.1. The Bertz CT molecular complexity index is 1490. The van der Waals surface area contributed by atoms with Gasteiger partial charge in [-0.3, -0.25) is 15.0 Å². The first-order chi connectivity index (χ1) is 20.4. The molecule has 11 heteroatoms. The first-order valence-corrected chi connectivity index (χ1v) is 13.8. The number of aromatic nitrogens is 1. The lowest BCUT2D eigenvalue weighted by molar-refractivity contribution is -0.385. The van der Waals surface area contributed by atoms with Gasteiger partial charge in [-0.2, -0.15) is 0 Å².